The summed E-state index contributed by atoms with van der Waals surface area (Å²) in [6.07, 6.45) is 0. The molecular formula is C14H22N3O2+. The fourth-order valence-electron chi connectivity index (χ4n) is 2.32. The molecular weight excluding hydrogens is 242 g/mol. The van der Waals surface area contributed by atoms with Crippen LogP contribution >= 0.6 is 0 Å². The number of quaternary nitrogens is 1. The van der Waals surface area contributed by atoms with Crippen molar-refractivity contribution >= 4 is 11.7 Å². The first-order valence-electron chi connectivity index (χ1n) is 6.77. The Kier molecular flexibility index (Phi) is 4.63. The number of hydrogen-bond donors (Lipinski definition) is 2. The van der Waals surface area contributed by atoms with E-state index in [9.17, 15) is 4.79 Å². The minimum Gasteiger partial charge on any atom is -0.495 e. The van der Waals surface area contributed by atoms with Gasteiger partial charge in [-0.15, -0.1) is 0 Å². The van der Waals surface area contributed by atoms with E-state index in [0.29, 0.717) is 5.75 Å². The molecule has 0 aliphatic carbocycles. The Morgan fingerprint density at radius 1 is 1.37 bits per heavy atom. The maximum Gasteiger partial charge on any atom is 0.322 e. The van der Waals surface area contributed by atoms with Gasteiger partial charge in [0, 0.05) is 0 Å². The molecule has 1 aliphatic heterocycles. The van der Waals surface area contributed by atoms with Gasteiger partial charge in [0.25, 0.3) is 0 Å². The zero-order valence-corrected chi connectivity index (χ0v) is 11.6. The van der Waals surface area contributed by atoms with Crippen LogP contribution in [0.4, 0.5) is 10.5 Å². The molecule has 2 amide bonds. The van der Waals surface area contributed by atoms with Crippen LogP contribution in [0.25, 0.3) is 0 Å². The lowest BCUT2D eigenvalue weighted by atomic mass is 10.3. The maximum atomic E-state index is 12.2. The second-order valence-electron chi connectivity index (χ2n) is 4.72. The van der Waals surface area contributed by atoms with E-state index >= 15 is 0 Å². The summed E-state index contributed by atoms with van der Waals surface area (Å²) in [5, 5.41) is 2.92. The number of rotatable bonds is 3. The van der Waals surface area contributed by atoms with E-state index in [2.05, 4.69) is 12.2 Å². The van der Waals surface area contributed by atoms with E-state index < -0.39 is 0 Å². The highest BCUT2D eigenvalue weighted by Gasteiger charge is 2.22. The number of para-hydroxylation sites is 2. The summed E-state index contributed by atoms with van der Waals surface area (Å²) in [4.78, 5) is 15.6. The Balaban J connectivity index is 1.94. The van der Waals surface area contributed by atoms with Gasteiger partial charge in [-0.25, -0.2) is 4.79 Å². The van der Waals surface area contributed by atoms with E-state index in [1.165, 1.54) is 0 Å². The molecule has 5 heteroatoms. The number of nitrogens with zero attached hydrogens (tertiary/aromatic N) is 1. The Hall–Kier alpha value is -1.75. The first kappa shape index (κ1) is 13.7. The van der Waals surface area contributed by atoms with Crippen LogP contribution in [-0.4, -0.2) is 50.8 Å². The number of hydrogen-bond acceptors (Lipinski definition) is 2. The molecule has 1 aromatic rings. The highest BCUT2D eigenvalue weighted by molar-refractivity contribution is 5.91. The van der Waals surface area contributed by atoms with E-state index in [-0.39, 0.29) is 6.03 Å². The summed E-state index contributed by atoms with van der Waals surface area (Å²) >= 11 is 0. The number of methoxy groups -OCH3 is 1. The van der Waals surface area contributed by atoms with Gasteiger partial charge in [-0.3, -0.25) is 0 Å². The molecule has 104 valence electrons. The van der Waals surface area contributed by atoms with Gasteiger partial charge in [-0.05, 0) is 19.1 Å². The Morgan fingerprint density at radius 2 is 2.05 bits per heavy atom. The van der Waals surface area contributed by atoms with Crippen molar-refractivity contribution < 1.29 is 14.4 Å². The minimum atomic E-state index is -0.0420. The smallest absolute Gasteiger partial charge is 0.322 e. The van der Waals surface area contributed by atoms with Crippen molar-refractivity contribution in [3.63, 3.8) is 0 Å². The van der Waals surface area contributed by atoms with Gasteiger partial charge in [0.2, 0.25) is 0 Å². The van der Waals surface area contributed by atoms with E-state index in [1.807, 2.05) is 29.2 Å². The third-order valence-corrected chi connectivity index (χ3v) is 3.61. The Labute approximate surface area is 114 Å². The average molecular weight is 264 g/mol. The summed E-state index contributed by atoms with van der Waals surface area (Å²) in [7, 11) is 1.61. The zero-order valence-electron chi connectivity index (χ0n) is 11.6. The molecule has 1 aromatic carbocycles. The standard InChI is InChI=1S/C14H21N3O2/c1-3-16-8-10-17(11-9-16)14(18)15-12-6-4-5-7-13(12)19-2/h4-7H,3,8-11H2,1-2H3,(H,15,18)/p+1. The lowest BCUT2D eigenvalue weighted by Gasteiger charge is -2.31. The Morgan fingerprint density at radius 3 is 2.68 bits per heavy atom. The molecule has 1 saturated heterocycles. The number of urea groups is 1. The van der Waals surface area contributed by atoms with Crippen molar-refractivity contribution in [2.75, 3.05) is 45.2 Å². The molecule has 0 aromatic heterocycles. The predicted molar refractivity (Wildman–Crippen MR) is 74.8 cm³/mol. The molecule has 5 nitrogen and oxygen atoms in total. The van der Waals surface area contributed by atoms with Crippen LogP contribution in [0.5, 0.6) is 5.75 Å². The molecule has 0 atom stereocenters. The SMILES string of the molecule is CC[NH+]1CCN(C(=O)Nc2ccccc2OC)CC1. The first-order valence-corrected chi connectivity index (χ1v) is 6.77. The second kappa shape index (κ2) is 6.43. The normalized spacial score (nSPS) is 16.2. The molecule has 1 aliphatic rings. The highest BCUT2D eigenvalue weighted by atomic mass is 16.5. The van der Waals surface area contributed by atoms with Crippen molar-refractivity contribution in [2.45, 2.75) is 6.92 Å². The van der Waals surface area contributed by atoms with Crippen LogP contribution in [0.3, 0.4) is 0 Å². The van der Waals surface area contributed by atoms with Crippen molar-refractivity contribution in [2.24, 2.45) is 0 Å². The summed E-state index contributed by atoms with van der Waals surface area (Å²) in [5.41, 5.74) is 0.722. The average Bonchev–Trinajstić information content (AvgIpc) is 2.48. The number of benzene rings is 1. The maximum absolute atomic E-state index is 12.2. The van der Waals surface area contributed by atoms with Gasteiger partial charge in [0.1, 0.15) is 5.75 Å². The summed E-state index contributed by atoms with van der Waals surface area (Å²) in [6, 6.07) is 7.42. The minimum absolute atomic E-state index is 0.0420. The quantitative estimate of drug-likeness (QED) is 0.832. The second-order valence-corrected chi connectivity index (χ2v) is 4.72. The topological polar surface area (TPSA) is 46.0 Å². The monoisotopic (exact) mass is 264 g/mol. The lowest BCUT2D eigenvalue weighted by Crippen LogP contribution is -3.14. The predicted octanol–water partition coefficient (Wildman–Crippen LogP) is 0.448. The largest absolute Gasteiger partial charge is 0.495 e. The number of ether oxygens (including phenoxy) is 1. The highest BCUT2D eigenvalue weighted by Crippen LogP contribution is 2.23. The molecule has 0 spiro atoms. The molecule has 2 N–H and O–H groups in total. The van der Waals surface area contributed by atoms with Crippen molar-refractivity contribution in [1.82, 2.24) is 4.90 Å². The van der Waals surface area contributed by atoms with Gasteiger partial charge in [-0.2, -0.15) is 0 Å². The van der Waals surface area contributed by atoms with E-state index in [1.54, 1.807) is 12.0 Å². The molecule has 1 heterocycles. The van der Waals surface area contributed by atoms with Crippen LogP contribution in [0, 0.1) is 0 Å². The van der Waals surface area contributed by atoms with Crippen LogP contribution < -0.4 is 15.0 Å². The molecule has 0 saturated carbocycles. The van der Waals surface area contributed by atoms with Crippen LogP contribution in [0.1, 0.15) is 6.92 Å². The first-order chi connectivity index (χ1) is 9.24. The molecule has 2 rings (SSSR count). The molecule has 0 radical (unpaired) electrons. The number of anilines is 1. The van der Waals surface area contributed by atoms with Gasteiger partial charge >= 0.3 is 6.03 Å². The van der Waals surface area contributed by atoms with Crippen molar-refractivity contribution in [1.29, 1.82) is 0 Å². The van der Waals surface area contributed by atoms with Crippen molar-refractivity contribution in [3.05, 3.63) is 24.3 Å². The number of nitrogens with one attached hydrogen (secondary N) is 2. The molecule has 1 fully saturated rings. The number of likely N-dealkylation sites (N-methyl/N-ethyl adjacent to an activating group) is 1. The molecule has 0 bridgehead atoms. The zero-order chi connectivity index (χ0) is 13.7. The number of carbonyl (C=O) groups excluding carboxylic acids is 1. The third kappa shape index (κ3) is 3.38. The molecule has 0 unspecified atom stereocenters. The van der Waals surface area contributed by atoms with Crippen LogP contribution in [0.2, 0.25) is 0 Å². The summed E-state index contributed by atoms with van der Waals surface area (Å²) < 4.78 is 5.23. The van der Waals surface area contributed by atoms with Crippen LogP contribution in [-0.2, 0) is 0 Å². The third-order valence-electron chi connectivity index (χ3n) is 3.61. The fraction of sp³-hybridized carbons (Fsp3) is 0.500. The van der Waals surface area contributed by atoms with Crippen molar-refractivity contribution in [3.8, 4) is 5.75 Å². The number of carbonyl (C=O) groups is 1. The number of amides is 2. The van der Waals surface area contributed by atoms with Gasteiger partial charge in [0.15, 0.2) is 0 Å². The van der Waals surface area contributed by atoms with Gasteiger partial charge < -0.3 is 19.9 Å². The lowest BCUT2D eigenvalue weighted by molar-refractivity contribution is -0.902. The fourth-order valence-corrected chi connectivity index (χ4v) is 2.32. The van der Waals surface area contributed by atoms with E-state index in [0.717, 1.165) is 38.4 Å². The Bertz CT molecular complexity index is 428. The number of piperazine rings is 1. The summed E-state index contributed by atoms with van der Waals surface area (Å²) in [5.74, 6) is 0.689. The van der Waals surface area contributed by atoms with Gasteiger partial charge in [-0.1, -0.05) is 12.1 Å². The van der Waals surface area contributed by atoms with Gasteiger partial charge in [0.05, 0.1) is 45.5 Å². The van der Waals surface area contributed by atoms with E-state index in [4.69, 9.17) is 4.74 Å². The molecule has 19 heavy (non-hydrogen) atoms. The van der Waals surface area contributed by atoms with Crippen LogP contribution in [0.15, 0.2) is 24.3 Å². The summed E-state index contributed by atoms with van der Waals surface area (Å²) in [6.45, 7) is 6.97.